The van der Waals surface area contributed by atoms with Gasteiger partial charge in [0.1, 0.15) is 0 Å². The zero-order valence-electron chi connectivity index (χ0n) is 9.90. The third-order valence-electron chi connectivity index (χ3n) is 2.54. The molecule has 0 heterocycles. The Balaban J connectivity index is 4.95. The van der Waals surface area contributed by atoms with E-state index in [9.17, 15) is 14.7 Å². The van der Waals surface area contributed by atoms with E-state index < -0.39 is 17.4 Å². The second-order valence-electron chi connectivity index (χ2n) is 3.95. The minimum absolute atomic E-state index is 0.348. The number of hydrogen-bond donors (Lipinski definition) is 2. The van der Waals surface area contributed by atoms with Crippen LogP contribution in [0.15, 0.2) is 12.2 Å². The first-order chi connectivity index (χ1) is 7.48. The van der Waals surface area contributed by atoms with Crippen molar-refractivity contribution in [2.24, 2.45) is 5.41 Å². The number of rotatable bonds is 8. The van der Waals surface area contributed by atoms with Gasteiger partial charge in [-0.05, 0) is 12.8 Å². The van der Waals surface area contributed by atoms with E-state index in [0.29, 0.717) is 19.3 Å². The van der Waals surface area contributed by atoms with Gasteiger partial charge in [-0.15, -0.1) is 0 Å². The van der Waals surface area contributed by atoms with Gasteiger partial charge < -0.3 is 10.2 Å². The molecule has 4 nitrogen and oxygen atoms in total. The highest BCUT2D eigenvalue weighted by molar-refractivity contribution is 5.83. The van der Waals surface area contributed by atoms with Crippen molar-refractivity contribution in [2.75, 3.05) is 0 Å². The van der Waals surface area contributed by atoms with E-state index in [2.05, 4.69) is 0 Å². The van der Waals surface area contributed by atoms with Crippen molar-refractivity contribution in [1.29, 1.82) is 0 Å². The van der Waals surface area contributed by atoms with Gasteiger partial charge in [0.2, 0.25) is 0 Å². The van der Waals surface area contributed by atoms with Crippen LogP contribution in [0.25, 0.3) is 0 Å². The predicted octanol–water partition coefficient (Wildman–Crippen LogP) is 2.69. The molecule has 4 heteroatoms. The number of aliphatic carboxylic acids is 2. The van der Waals surface area contributed by atoms with Crippen LogP contribution in [0.1, 0.15) is 46.0 Å². The molecule has 0 bridgehead atoms. The first-order valence-corrected chi connectivity index (χ1v) is 5.61. The standard InChI is InChI=1S/C12H20O4/c1-3-5-7-12(11(15)16,8-6-4-2)9-10(13)14/h5,7H,3-4,6,8-9H2,1-2H3,(H,13,14)(H,15,16). The van der Waals surface area contributed by atoms with Crippen LogP contribution in [0.2, 0.25) is 0 Å². The van der Waals surface area contributed by atoms with Crippen molar-refractivity contribution in [3.63, 3.8) is 0 Å². The third kappa shape index (κ3) is 4.47. The molecule has 2 N–H and O–H groups in total. The van der Waals surface area contributed by atoms with Crippen LogP contribution in [-0.4, -0.2) is 22.2 Å². The molecular weight excluding hydrogens is 208 g/mol. The highest BCUT2D eigenvalue weighted by Crippen LogP contribution is 2.31. The van der Waals surface area contributed by atoms with Crippen LogP contribution in [0.5, 0.6) is 0 Å². The lowest BCUT2D eigenvalue weighted by molar-refractivity contribution is -0.153. The minimum Gasteiger partial charge on any atom is -0.481 e. The first-order valence-electron chi connectivity index (χ1n) is 5.61. The first kappa shape index (κ1) is 14.7. The number of carbonyl (C=O) groups is 2. The number of hydrogen-bond acceptors (Lipinski definition) is 2. The van der Waals surface area contributed by atoms with Gasteiger partial charge in [-0.25, -0.2) is 0 Å². The zero-order valence-corrected chi connectivity index (χ0v) is 9.90. The van der Waals surface area contributed by atoms with Crippen LogP contribution in [0.3, 0.4) is 0 Å². The maximum atomic E-state index is 11.3. The lowest BCUT2D eigenvalue weighted by atomic mass is 9.79. The maximum Gasteiger partial charge on any atom is 0.314 e. The Hall–Kier alpha value is -1.32. The molecular formula is C12H20O4. The molecule has 1 atom stereocenters. The summed E-state index contributed by atoms with van der Waals surface area (Å²) >= 11 is 0. The molecule has 0 spiro atoms. The van der Waals surface area contributed by atoms with E-state index in [4.69, 9.17) is 5.11 Å². The monoisotopic (exact) mass is 228 g/mol. The third-order valence-corrected chi connectivity index (χ3v) is 2.54. The molecule has 0 saturated heterocycles. The Morgan fingerprint density at radius 2 is 1.88 bits per heavy atom. The Kier molecular flexibility index (Phi) is 6.46. The molecule has 0 aliphatic carbocycles. The van der Waals surface area contributed by atoms with E-state index in [1.165, 1.54) is 0 Å². The quantitative estimate of drug-likeness (QED) is 0.626. The number of carboxylic acids is 2. The molecule has 0 fully saturated rings. The lowest BCUT2D eigenvalue weighted by Gasteiger charge is -2.24. The van der Waals surface area contributed by atoms with Crippen molar-refractivity contribution >= 4 is 11.9 Å². The van der Waals surface area contributed by atoms with Crippen molar-refractivity contribution in [3.8, 4) is 0 Å². The van der Waals surface area contributed by atoms with Gasteiger partial charge >= 0.3 is 11.9 Å². The Morgan fingerprint density at radius 3 is 2.25 bits per heavy atom. The Morgan fingerprint density at radius 1 is 1.25 bits per heavy atom. The summed E-state index contributed by atoms with van der Waals surface area (Å²) in [6.45, 7) is 3.85. The summed E-state index contributed by atoms with van der Waals surface area (Å²) in [6.07, 6.45) is 5.58. The van der Waals surface area contributed by atoms with E-state index in [1.54, 1.807) is 12.2 Å². The normalized spacial score (nSPS) is 14.9. The van der Waals surface area contributed by atoms with Gasteiger partial charge in [-0.3, -0.25) is 9.59 Å². The van der Waals surface area contributed by atoms with Gasteiger partial charge in [0, 0.05) is 0 Å². The average Bonchev–Trinajstić information content (AvgIpc) is 2.21. The number of carboxylic acid groups (broad SMARTS) is 2. The van der Waals surface area contributed by atoms with Gasteiger partial charge in [-0.1, -0.05) is 38.8 Å². The molecule has 0 amide bonds. The maximum absolute atomic E-state index is 11.3. The summed E-state index contributed by atoms with van der Waals surface area (Å²) in [4.78, 5) is 22.0. The molecule has 0 aliphatic rings. The zero-order chi connectivity index (χ0) is 12.6. The topological polar surface area (TPSA) is 74.6 Å². The highest BCUT2D eigenvalue weighted by Gasteiger charge is 2.37. The molecule has 0 radical (unpaired) electrons. The van der Waals surface area contributed by atoms with E-state index >= 15 is 0 Å². The molecule has 16 heavy (non-hydrogen) atoms. The summed E-state index contributed by atoms with van der Waals surface area (Å²) in [5, 5.41) is 18.0. The fraction of sp³-hybridized carbons (Fsp3) is 0.667. The molecule has 1 unspecified atom stereocenters. The van der Waals surface area contributed by atoms with Crippen LogP contribution < -0.4 is 0 Å². The largest absolute Gasteiger partial charge is 0.481 e. The van der Waals surface area contributed by atoms with E-state index in [1.807, 2.05) is 13.8 Å². The summed E-state index contributed by atoms with van der Waals surface area (Å²) in [5.74, 6) is -2.12. The molecule has 0 aromatic carbocycles. The summed E-state index contributed by atoms with van der Waals surface area (Å²) in [6, 6.07) is 0. The van der Waals surface area contributed by atoms with E-state index in [0.717, 1.165) is 6.42 Å². The van der Waals surface area contributed by atoms with Gasteiger partial charge in [0.05, 0.1) is 11.8 Å². The fourth-order valence-corrected chi connectivity index (χ4v) is 1.59. The second-order valence-corrected chi connectivity index (χ2v) is 3.95. The van der Waals surface area contributed by atoms with E-state index in [-0.39, 0.29) is 6.42 Å². The minimum atomic E-state index is -1.24. The van der Waals surface area contributed by atoms with Gasteiger partial charge in [0.15, 0.2) is 0 Å². The van der Waals surface area contributed by atoms with Gasteiger partial charge in [-0.2, -0.15) is 0 Å². The van der Waals surface area contributed by atoms with Crippen molar-refractivity contribution in [2.45, 2.75) is 46.0 Å². The van der Waals surface area contributed by atoms with Crippen LogP contribution in [-0.2, 0) is 9.59 Å². The average molecular weight is 228 g/mol. The van der Waals surface area contributed by atoms with Crippen molar-refractivity contribution in [1.82, 2.24) is 0 Å². The summed E-state index contributed by atoms with van der Waals surface area (Å²) in [7, 11) is 0. The number of allylic oxidation sites excluding steroid dienone is 1. The number of unbranched alkanes of at least 4 members (excludes halogenated alkanes) is 1. The molecule has 0 aromatic heterocycles. The summed E-state index contributed by atoms with van der Waals surface area (Å²) < 4.78 is 0. The fourth-order valence-electron chi connectivity index (χ4n) is 1.59. The van der Waals surface area contributed by atoms with Gasteiger partial charge in [0.25, 0.3) is 0 Å². The van der Waals surface area contributed by atoms with Crippen LogP contribution >= 0.6 is 0 Å². The summed E-state index contributed by atoms with van der Waals surface area (Å²) in [5.41, 5.74) is -1.24. The molecule has 0 aromatic rings. The second kappa shape index (κ2) is 7.04. The molecule has 0 rings (SSSR count). The molecule has 0 aliphatic heterocycles. The van der Waals surface area contributed by atoms with Crippen LogP contribution in [0, 0.1) is 5.41 Å². The van der Waals surface area contributed by atoms with Crippen molar-refractivity contribution in [3.05, 3.63) is 12.2 Å². The lowest BCUT2D eigenvalue weighted by Crippen LogP contribution is -2.31. The Bertz CT molecular complexity index is 270. The SMILES string of the molecule is CCC=CC(CCCC)(CC(=O)O)C(=O)O. The smallest absolute Gasteiger partial charge is 0.314 e. The highest BCUT2D eigenvalue weighted by atomic mass is 16.4. The molecule has 0 saturated carbocycles. The predicted molar refractivity (Wildman–Crippen MR) is 61.3 cm³/mol. The Labute approximate surface area is 96.0 Å². The van der Waals surface area contributed by atoms with Crippen LogP contribution in [0.4, 0.5) is 0 Å². The van der Waals surface area contributed by atoms with Crippen molar-refractivity contribution < 1.29 is 19.8 Å². The molecule has 92 valence electrons.